The topological polar surface area (TPSA) is 63.2 Å². The van der Waals surface area contributed by atoms with Crippen molar-refractivity contribution in [3.8, 4) is 0 Å². The Morgan fingerprint density at radius 1 is 1.23 bits per heavy atom. The van der Waals surface area contributed by atoms with Gasteiger partial charge in [0, 0.05) is 0 Å². The van der Waals surface area contributed by atoms with E-state index in [-0.39, 0.29) is 17.7 Å². The van der Waals surface area contributed by atoms with Crippen LogP contribution in [-0.2, 0) is 14.6 Å². The molecule has 1 atom stereocenters. The van der Waals surface area contributed by atoms with Gasteiger partial charge in [-0.3, -0.25) is 4.79 Å². The van der Waals surface area contributed by atoms with Crippen molar-refractivity contribution in [2.45, 2.75) is 25.6 Å². The van der Waals surface area contributed by atoms with Gasteiger partial charge in [-0.1, -0.05) is 19.1 Å². The number of amides is 1. The third kappa shape index (κ3) is 5.63. The van der Waals surface area contributed by atoms with Crippen LogP contribution in [0.1, 0.15) is 24.9 Å². The molecule has 0 radical (unpaired) electrons. The van der Waals surface area contributed by atoms with Gasteiger partial charge in [0.05, 0.1) is 5.75 Å². The Labute approximate surface area is 125 Å². The standard InChI is InChI=1S/C13H15F4NO3S/c1-2-7-22(20,21)8-11(19)18-12(13(15,16)17)9-3-5-10(14)6-4-9/h3-6,12H,2,7-8H2,1H3,(H,18,19). The van der Waals surface area contributed by atoms with E-state index in [9.17, 15) is 30.8 Å². The zero-order valence-corrected chi connectivity index (χ0v) is 12.5. The molecule has 4 nitrogen and oxygen atoms in total. The zero-order chi connectivity index (χ0) is 17.0. The second kappa shape index (κ2) is 7.08. The molecule has 0 bridgehead atoms. The van der Waals surface area contributed by atoms with Crippen molar-refractivity contribution in [1.82, 2.24) is 5.32 Å². The molecule has 1 aromatic carbocycles. The van der Waals surface area contributed by atoms with E-state index in [1.165, 1.54) is 0 Å². The van der Waals surface area contributed by atoms with Crippen LogP contribution in [0.4, 0.5) is 17.6 Å². The van der Waals surface area contributed by atoms with Gasteiger partial charge in [-0.25, -0.2) is 12.8 Å². The van der Waals surface area contributed by atoms with E-state index in [2.05, 4.69) is 0 Å². The minimum absolute atomic E-state index is 0.260. The molecule has 0 saturated heterocycles. The Balaban J connectivity index is 2.92. The second-order valence-corrected chi connectivity index (χ2v) is 6.87. The van der Waals surface area contributed by atoms with Gasteiger partial charge in [-0.2, -0.15) is 13.2 Å². The normalized spacial score (nSPS) is 13.7. The molecule has 22 heavy (non-hydrogen) atoms. The van der Waals surface area contributed by atoms with Crippen molar-refractivity contribution in [3.05, 3.63) is 35.6 Å². The van der Waals surface area contributed by atoms with Crippen molar-refractivity contribution in [1.29, 1.82) is 0 Å². The number of halogens is 4. The summed E-state index contributed by atoms with van der Waals surface area (Å²) >= 11 is 0. The van der Waals surface area contributed by atoms with Crippen LogP contribution in [0.5, 0.6) is 0 Å². The number of alkyl halides is 3. The largest absolute Gasteiger partial charge is 0.412 e. The average Bonchev–Trinajstić information content (AvgIpc) is 2.35. The molecule has 0 aliphatic carbocycles. The van der Waals surface area contributed by atoms with Gasteiger partial charge in [0.1, 0.15) is 11.6 Å². The third-order valence-corrected chi connectivity index (χ3v) is 4.43. The molecule has 0 heterocycles. The molecule has 0 saturated carbocycles. The van der Waals surface area contributed by atoms with Crippen LogP contribution in [0.15, 0.2) is 24.3 Å². The van der Waals surface area contributed by atoms with E-state index in [4.69, 9.17) is 0 Å². The van der Waals surface area contributed by atoms with E-state index in [1.807, 2.05) is 0 Å². The van der Waals surface area contributed by atoms with Gasteiger partial charge in [0.25, 0.3) is 0 Å². The SMILES string of the molecule is CCCS(=O)(=O)CC(=O)NC(c1ccc(F)cc1)C(F)(F)F. The number of hydrogen-bond acceptors (Lipinski definition) is 3. The molecule has 1 rings (SSSR count). The summed E-state index contributed by atoms with van der Waals surface area (Å²) in [6.07, 6.45) is -4.57. The van der Waals surface area contributed by atoms with E-state index >= 15 is 0 Å². The maximum atomic E-state index is 13.0. The van der Waals surface area contributed by atoms with Crippen molar-refractivity contribution in [2.24, 2.45) is 0 Å². The highest BCUT2D eigenvalue weighted by atomic mass is 32.2. The van der Waals surface area contributed by atoms with Crippen molar-refractivity contribution in [3.63, 3.8) is 0 Å². The van der Waals surface area contributed by atoms with Crippen LogP contribution < -0.4 is 5.32 Å². The first-order valence-electron chi connectivity index (χ1n) is 6.37. The maximum Gasteiger partial charge on any atom is 0.412 e. The maximum absolute atomic E-state index is 13.0. The monoisotopic (exact) mass is 341 g/mol. The van der Waals surface area contributed by atoms with E-state index in [0.717, 1.165) is 24.3 Å². The summed E-state index contributed by atoms with van der Waals surface area (Å²) in [4.78, 5) is 11.6. The van der Waals surface area contributed by atoms with Crippen LogP contribution in [0.25, 0.3) is 0 Å². The molecule has 0 spiro atoms. The highest BCUT2D eigenvalue weighted by Gasteiger charge is 2.42. The minimum atomic E-state index is -4.83. The molecular weight excluding hydrogens is 326 g/mol. The molecule has 124 valence electrons. The summed E-state index contributed by atoms with van der Waals surface area (Å²) in [6, 6.07) is 1.03. The number of nitrogens with one attached hydrogen (secondary N) is 1. The van der Waals surface area contributed by atoms with Gasteiger partial charge in [0.2, 0.25) is 5.91 Å². The molecule has 1 aromatic rings. The molecule has 1 N–H and O–H groups in total. The quantitative estimate of drug-likeness (QED) is 0.808. The first kappa shape index (κ1) is 18.4. The number of benzene rings is 1. The number of rotatable bonds is 6. The van der Waals surface area contributed by atoms with E-state index in [0.29, 0.717) is 0 Å². The average molecular weight is 341 g/mol. The van der Waals surface area contributed by atoms with Crippen molar-refractivity contribution in [2.75, 3.05) is 11.5 Å². The highest BCUT2D eigenvalue weighted by molar-refractivity contribution is 7.92. The minimum Gasteiger partial charge on any atom is -0.340 e. The predicted molar refractivity (Wildman–Crippen MR) is 72.3 cm³/mol. The summed E-state index contributed by atoms with van der Waals surface area (Å²) in [5, 5.41) is 1.64. The summed E-state index contributed by atoms with van der Waals surface area (Å²) in [7, 11) is -3.75. The van der Waals surface area contributed by atoms with Crippen molar-refractivity contribution >= 4 is 15.7 Å². The number of hydrogen-bond donors (Lipinski definition) is 1. The lowest BCUT2D eigenvalue weighted by atomic mass is 10.1. The Morgan fingerprint density at radius 2 is 1.77 bits per heavy atom. The van der Waals surface area contributed by atoms with Gasteiger partial charge in [-0.15, -0.1) is 0 Å². The van der Waals surface area contributed by atoms with Crippen LogP contribution in [0.2, 0.25) is 0 Å². The van der Waals surface area contributed by atoms with Gasteiger partial charge in [0.15, 0.2) is 15.9 Å². The summed E-state index contributed by atoms with van der Waals surface area (Å²) in [6.45, 7) is 1.58. The lowest BCUT2D eigenvalue weighted by Gasteiger charge is -2.22. The molecule has 1 amide bonds. The van der Waals surface area contributed by atoms with Crippen LogP contribution in [0, 0.1) is 5.82 Å². The smallest absolute Gasteiger partial charge is 0.340 e. The Kier molecular flexibility index (Phi) is 5.92. The Hall–Kier alpha value is -1.64. The number of carbonyl (C=O) groups excluding carboxylic acids is 1. The van der Waals surface area contributed by atoms with Crippen LogP contribution in [0.3, 0.4) is 0 Å². The molecule has 0 aromatic heterocycles. The summed E-state index contributed by atoms with van der Waals surface area (Å²) in [5.74, 6) is -3.27. The lowest BCUT2D eigenvalue weighted by Crippen LogP contribution is -2.41. The molecule has 0 fully saturated rings. The lowest BCUT2D eigenvalue weighted by molar-refractivity contribution is -0.162. The molecular formula is C13H15F4NO3S. The molecule has 0 aliphatic rings. The van der Waals surface area contributed by atoms with E-state index in [1.54, 1.807) is 12.2 Å². The van der Waals surface area contributed by atoms with Gasteiger partial charge < -0.3 is 5.32 Å². The fourth-order valence-corrected chi connectivity index (χ4v) is 3.04. The third-order valence-electron chi connectivity index (χ3n) is 2.70. The second-order valence-electron chi connectivity index (χ2n) is 4.69. The van der Waals surface area contributed by atoms with Crippen molar-refractivity contribution < 1.29 is 30.8 Å². The fraction of sp³-hybridized carbons (Fsp3) is 0.462. The summed E-state index contributed by atoms with van der Waals surface area (Å²) in [5.41, 5.74) is -0.380. The molecule has 9 heteroatoms. The number of sulfone groups is 1. The fourth-order valence-electron chi connectivity index (χ4n) is 1.79. The molecule has 1 unspecified atom stereocenters. The molecule has 0 aliphatic heterocycles. The summed E-state index contributed by atoms with van der Waals surface area (Å²) < 4.78 is 74.7. The van der Waals surface area contributed by atoms with Crippen LogP contribution in [-0.4, -0.2) is 32.0 Å². The first-order valence-corrected chi connectivity index (χ1v) is 8.19. The van der Waals surface area contributed by atoms with Crippen LogP contribution >= 0.6 is 0 Å². The zero-order valence-electron chi connectivity index (χ0n) is 11.7. The predicted octanol–water partition coefficient (Wildman–Crippen LogP) is 2.37. The Morgan fingerprint density at radius 3 is 2.23 bits per heavy atom. The van der Waals surface area contributed by atoms with Gasteiger partial charge in [-0.05, 0) is 24.1 Å². The van der Waals surface area contributed by atoms with Gasteiger partial charge >= 0.3 is 6.18 Å². The highest BCUT2D eigenvalue weighted by Crippen LogP contribution is 2.32. The first-order chi connectivity index (χ1) is 10.0. The van der Waals surface area contributed by atoms with E-state index < -0.39 is 39.5 Å². The Bertz CT molecular complexity index is 611. The number of carbonyl (C=O) groups is 1.